The van der Waals surface area contributed by atoms with E-state index in [0.29, 0.717) is 0 Å². The SMILES string of the molecule is COC(=O)CCOOC[C@H](C)O. The molecule has 5 heteroatoms. The van der Waals surface area contributed by atoms with Crippen LogP contribution >= 0.6 is 0 Å². The van der Waals surface area contributed by atoms with Crippen LogP contribution in [0.1, 0.15) is 13.3 Å². The van der Waals surface area contributed by atoms with E-state index in [4.69, 9.17) is 5.11 Å². The van der Waals surface area contributed by atoms with Gasteiger partial charge >= 0.3 is 5.97 Å². The highest BCUT2D eigenvalue weighted by Gasteiger charge is 2.00. The van der Waals surface area contributed by atoms with Gasteiger partial charge in [-0.1, -0.05) is 0 Å². The van der Waals surface area contributed by atoms with Crippen LogP contribution in [0.25, 0.3) is 0 Å². The summed E-state index contributed by atoms with van der Waals surface area (Å²) in [5.74, 6) is -0.351. The van der Waals surface area contributed by atoms with Crippen LogP contribution in [-0.4, -0.2) is 37.5 Å². The number of carbonyl (C=O) groups is 1. The number of hydrogen-bond acceptors (Lipinski definition) is 5. The van der Waals surface area contributed by atoms with Gasteiger partial charge in [-0.3, -0.25) is 4.79 Å². The van der Waals surface area contributed by atoms with Gasteiger partial charge in [-0.2, -0.15) is 0 Å². The Morgan fingerprint density at radius 1 is 1.50 bits per heavy atom. The van der Waals surface area contributed by atoms with Gasteiger partial charge in [-0.05, 0) is 6.92 Å². The number of rotatable bonds is 6. The second kappa shape index (κ2) is 7.02. The van der Waals surface area contributed by atoms with E-state index in [2.05, 4.69) is 14.5 Å². The number of carbonyl (C=O) groups excluding carboxylic acids is 1. The van der Waals surface area contributed by atoms with Gasteiger partial charge in [0.1, 0.15) is 6.61 Å². The molecular weight excluding hydrogens is 164 g/mol. The molecule has 1 N–H and O–H groups in total. The Morgan fingerprint density at radius 2 is 2.17 bits per heavy atom. The monoisotopic (exact) mass is 178 g/mol. The van der Waals surface area contributed by atoms with Crippen LogP contribution in [-0.2, 0) is 19.3 Å². The second-order valence-corrected chi connectivity index (χ2v) is 2.28. The Morgan fingerprint density at radius 3 is 2.67 bits per heavy atom. The summed E-state index contributed by atoms with van der Waals surface area (Å²) >= 11 is 0. The van der Waals surface area contributed by atoms with Crippen LogP contribution in [0.5, 0.6) is 0 Å². The first-order chi connectivity index (χ1) is 5.66. The third-order valence-electron chi connectivity index (χ3n) is 1.01. The molecule has 0 aromatic rings. The number of hydrogen-bond donors (Lipinski definition) is 1. The molecule has 0 unspecified atom stereocenters. The first-order valence-corrected chi connectivity index (χ1v) is 3.66. The van der Waals surface area contributed by atoms with Crippen LogP contribution in [0, 0.1) is 0 Å². The summed E-state index contributed by atoms with van der Waals surface area (Å²) in [6.07, 6.45) is -0.417. The fourth-order valence-corrected chi connectivity index (χ4v) is 0.433. The van der Waals surface area contributed by atoms with Crippen LogP contribution in [0.2, 0.25) is 0 Å². The molecular formula is C7H14O5. The molecule has 72 valence electrons. The molecule has 0 heterocycles. The molecule has 1 atom stereocenters. The summed E-state index contributed by atoms with van der Waals surface area (Å²) in [7, 11) is 1.30. The molecule has 0 saturated carbocycles. The summed E-state index contributed by atoms with van der Waals surface area (Å²) in [5.41, 5.74) is 0. The van der Waals surface area contributed by atoms with Crippen LogP contribution in [0.15, 0.2) is 0 Å². The molecule has 0 aliphatic rings. The van der Waals surface area contributed by atoms with Crippen molar-refractivity contribution in [1.82, 2.24) is 0 Å². The van der Waals surface area contributed by atoms with Crippen molar-refractivity contribution in [3.63, 3.8) is 0 Å². The molecule has 0 spiro atoms. The van der Waals surface area contributed by atoms with Crippen molar-refractivity contribution in [2.24, 2.45) is 0 Å². The van der Waals surface area contributed by atoms with E-state index in [1.807, 2.05) is 0 Å². The molecule has 0 aromatic heterocycles. The number of methoxy groups -OCH3 is 1. The van der Waals surface area contributed by atoms with E-state index >= 15 is 0 Å². The normalized spacial score (nSPS) is 12.6. The van der Waals surface area contributed by atoms with E-state index in [-0.39, 0.29) is 25.6 Å². The molecule has 0 fully saturated rings. The second-order valence-electron chi connectivity index (χ2n) is 2.28. The highest BCUT2D eigenvalue weighted by molar-refractivity contribution is 5.69. The minimum atomic E-state index is -0.567. The smallest absolute Gasteiger partial charge is 0.307 e. The third-order valence-corrected chi connectivity index (χ3v) is 1.01. The van der Waals surface area contributed by atoms with E-state index < -0.39 is 6.10 Å². The molecule has 0 aliphatic carbocycles. The van der Waals surface area contributed by atoms with E-state index in [0.717, 1.165) is 0 Å². The fraction of sp³-hybridized carbons (Fsp3) is 0.857. The van der Waals surface area contributed by atoms with Gasteiger partial charge in [-0.25, -0.2) is 9.78 Å². The fourth-order valence-electron chi connectivity index (χ4n) is 0.433. The molecule has 0 amide bonds. The van der Waals surface area contributed by atoms with Gasteiger partial charge in [0, 0.05) is 0 Å². The van der Waals surface area contributed by atoms with Crippen molar-refractivity contribution in [2.75, 3.05) is 20.3 Å². The summed E-state index contributed by atoms with van der Waals surface area (Å²) in [5, 5.41) is 8.71. The average molecular weight is 178 g/mol. The lowest BCUT2D eigenvalue weighted by Gasteiger charge is -2.04. The van der Waals surface area contributed by atoms with Crippen LogP contribution in [0.3, 0.4) is 0 Å². The van der Waals surface area contributed by atoms with Gasteiger partial charge in [-0.15, -0.1) is 0 Å². The summed E-state index contributed by atoms with van der Waals surface area (Å²) in [4.78, 5) is 19.6. The van der Waals surface area contributed by atoms with E-state index in [1.165, 1.54) is 7.11 Å². The quantitative estimate of drug-likeness (QED) is 0.266. The molecule has 0 saturated heterocycles. The summed E-state index contributed by atoms with van der Waals surface area (Å²) < 4.78 is 4.35. The molecule has 0 bridgehead atoms. The van der Waals surface area contributed by atoms with Gasteiger partial charge in [0.15, 0.2) is 0 Å². The molecule has 0 aliphatic heterocycles. The predicted octanol–water partition coefficient (Wildman–Crippen LogP) is -0.121. The standard InChI is InChI=1S/C7H14O5/c1-6(8)5-12-11-4-3-7(9)10-2/h6,8H,3-5H2,1-2H3/t6-/m0/s1. The van der Waals surface area contributed by atoms with Crippen LogP contribution in [0.4, 0.5) is 0 Å². The van der Waals surface area contributed by atoms with Crippen molar-refractivity contribution in [2.45, 2.75) is 19.4 Å². The molecule has 5 nitrogen and oxygen atoms in total. The summed E-state index contributed by atoms with van der Waals surface area (Å²) in [6, 6.07) is 0. The van der Waals surface area contributed by atoms with Crippen molar-refractivity contribution < 1.29 is 24.4 Å². The van der Waals surface area contributed by atoms with Crippen molar-refractivity contribution >= 4 is 5.97 Å². The highest BCUT2D eigenvalue weighted by atomic mass is 17.2. The summed E-state index contributed by atoms with van der Waals surface area (Å²) in [6.45, 7) is 1.81. The van der Waals surface area contributed by atoms with E-state index in [9.17, 15) is 4.79 Å². The lowest BCUT2D eigenvalue weighted by atomic mass is 10.5. The maximum Gasteiger partial charge on any atom is 0.307 e. The molecule has 0 aromatic carbocycles. The zero-order valence-corrected chi connectivity index (χ0v) is 7.28. The first-order valence-electron chi connectivity index (χ1n) is 3.66. The van der Waals surface area contributed by atoms with E-state index in [1.54, 1.807) is 6.92 Å². The maximum atomic E-state index is 10.5. The number of ether oxygens (including phenoxy) is 1. The third kappa shape index (κ3) is 7.46. The largest absolute Gasteiger partial charge is 0.469 e. The van der Waals surface area contributed by atoms with Gasteiger partial charge < -0.3 is 9.84 Å². The minimum absolute atomic E-state index is 0.0984. The Labute approximate surface area is 71.2 Å². The predicted molar refractivity (Wildman–Crippen MR) is 40.2 cm³/mol. The Balaban J connectivity index is 3.05. The van der Waals surface area contributed by atoms with Crippen molar-refractivity contribution in [3.8, 4) is 0 Å². The van der Waals surface area contributed by atoms with Crippen LogP contribution < -0.4 is 0 Å². The molecule has 0 rings (SSSR count). The molecule has 0 radical (unpaired) electrons. The number of aliphatic hydroxyl groups is 1. The highest BCUT2D eigenvalue weighted by Crippen LogP contribution is 1.89. The topological polar surface area (TPSA) is 65.0 Å². The Bertz CT molecular complexity index is 123. The molecule has 12 heavy (non-hydrogen) atoms. The maximum absolute atomic E-state index is 10.5. The Hall–Kier alpha value is -0.650. The lowest BCUT2D eigenvalue weighted by Crippen LogP contribution is -2.12. The van der Waals surface area contributed by atoms with Crippen molar-refractivity contribution in [3.05, 3.63) is 0 Å². The Kier molecular flexibility index (Phi) is 6.64. The van der Waals surface area contributed by atoms with Gasteiger partial charge in [0.2, 0.25) is 0 Å². The number of esters is 1. The van der Waals surface area contributed by atoms with Crippen molar-refractivity contribution in [1.29, 1.82) is 0 Å². The first kappa shape index (κ1) is 11.4. The lowest BCUT2D eigenvalue weighted by molar-refractivity contribution is -0.303. The van der Waals surface area contributed by atoms with Gasteiger partial charge in [0.25, 0.3) is 0 Å². The van der Waals surface area contributed by atoms with Gasteiger partial charge in [0.05, 0.1) is 26.2 Å². The zero-order valence-electron chi connectivity index (χ0n) is 7.28. The zero-order chi connectivity index (χ0) is 9.40. The number of aliphatic hydroxyl groups excluding tert-OH is 1. The average Bonchev–Trinajstić information content (AvgIpc) is 2.03. The minimum Gasteiger partial charge on any atom is -0.469 e.